The first-order chi connectivity index (χ1) is 4.70. The highest BCUT2D eigenvalue weighted by Crippen LogP contribution is 1.98. The standard InChI is InChI=1S/C7H12O2S/c1-3-7(4-8)5-9-6(2)10/h4,7H,3,5H2,1-2H3/t7-/m1/s1. The lowest BCUT2D eigenvalue weighted by atomic mass is 10.1. The van der Waals surface area contributed by atoms with Crippen molar-refractivity contribution in [3.63, 3.8) is 0 Å². The zero-order valence-corrected chi connectivity index (χ0v) is 7.11. The van der Waals surface area contributed by atoms with E-state index in [0.717, 1.165) is 12.7 Å². The van der Waals surface area contributed by atoms with Gasteiger partial charge in [-0.1, -0.05) is 6.92 Å². The number of hydrogen-bond donors (Lipinski definition) is 0. The van der Waals surface area contributed by atoms with Crippen molar-refractivity contribution >= 4 is 23.6 Å². The van der Waals surface area contributed by atoms with Gasteiger partial charge in [0, 0.05) is 12.8 Å². The van der Waals surface area contributed by atoms with Crippen LogP contribution in [0.5, 0.6) is 0 Å². The van der Waals surface area contributed by atoms with Crippen LogP contribution in [0.15, 0.2) is 0 Å². The van der Waals surface area contributed by atoms with Crippen molar-refractivity contribution in [2.24, 2.45) is 5.92 Å². The Morgan fingerprint density at radius 3 is 2.70 bits per heavy atom. The van der Waals surface area contributed by atoms with Crippen molar-refractivity contribution < 1.29 is 9.53 Å². The molecule has 0 aromatic carbocycles. The molecule has 0 rings (SSSR count). The summed E-state index contributed by atoms with van der Waals surface area (Å²) < 4.78 is 4.99. The minimum absolute atomic E-state index is 0.00194. The molecule has 0 spiro atoms. The second kappa shape index (κ2) is 5.35. The van der Waals surface area contributed by atoms with Crippen LogP contribution in [0.1, 0.15) is 20.3 Å². The van der Waals surface area contributed by atoms with Gasteiger partial charge >= 0.3 is 0 Å². The molecule has 10 heavy (non-hydrogen) atoms. The number of hydrogen-bond acceptors (Lipinski definition) is 3. The minimum Gasteiger partial charge on any atom is -0.487 e. The van der Waals surface area contributed by atoms with Crippen LogP contribution in [0.4, 0.5) is 0 Å². The molecule has 0 radical (unpaired) electrons. The van der Waals surface area contributed by atoms with Crippen LogP contribution < -0.4 is 0 Å². The third kappa shape index (κ3) is 4.44. The number of carbonyl (C=O) groups is 1. The Bertz CT molecular complexity index is 123. The molecule has 3 heteroatoms. The number of thiocarbonyl (C=S) groups is 1. The molecule has 0 amide bonds. The summed E-state index contributed by atoms with van der Waals surface area (Å²) in [6.45, 7) is 4.07. The predicted octanol–water partition coefficient (Wildman–Crippen LogP) is 1.58. The molecule has 0 aromatic heterocycles. The molecule has 2 nitrogen and oxygen atoms in total. The Hall–Kier alpha value is -0.440. The smallest absolute Gasteiger partial charge is 0.156 e. The van der Waals surface area contributed by atoms with Crippen LogP contribution in [-0.4, -0.2) is 17.9 Å². The largest absolute Gasteiger partial charge is 0.487 e. The Labute approximate surface area is 66.6 Å². The number of carbonyl (C=O) groups excluding carboxylic acids is 1. The van der Waals surface area contributed by atoms with E-state index in [-0.39, 0.29) is 5.92 Å². The fraction of sp³-hybridized carbons (Fsp3) is 0.714. The monoisotopic (exact) mass is 160 g/mol. The van der Waals surface area contributed by atoms with Crippen LogP contribution in [0.3, 0.4) is 0 Å². The fourth-order valence-corrected chi connectivity index (χ4v) is 0.546. The van der Waals surface area contributed by atoms with E-state index in [1.165, 1.54) is 0 Å². The van der Waals surface area contributed by atoms with Gasteiger partial charge in [-0.2, -0.15) is 0 Å². The van der Waals surface area contributed by atoms with Gasteiger partial charge < -0.3 is 9.53 Å². The first-order valence-electron chi connectivity index (χ1n) is 3.29. The van der Waals surface area contributed by atoms with Crippen LogP contribution in [0.25, 0.3) is 0 Å². The maximum atomic E-state index is 10.2. The summed E-state index contributed by atoms with van der Waals surface area (Å²) in [5.41, 5.74) is 0. The van der Waals surface area contributed by atoms with E-state index in [4.69, 9.17) is 4.74 Å². The van der Waals surface area contributed by atoms with Crippen molar-refractivity contribution in [3.8, 4) is 0 Å². The third-order valence-electron chi connectivity index (χ3n) is 1.22. The van der Waals surface area contributed by atoms with Crippen LogP contribution in [0.2, 0.25) is 0 Å². The highest BCUT2D eigenvalue weighted by molar-refractivity contribution is 7.80. The van der Waals surface area contributed by atoms with E-state index in [0.29, 0.717) is 11.7 Å². The minimum atomic E-state index is -0.00194. The average molecular weight is 160 g/mol. The summed E-state index contributed by atoms with van der Waals surface area (Å²) in [5.74, 6) is -0.00194. The van der Waals surface area contributed by atoms with E-state index in [9.17, 15) is 4.79 Å². The van der Waals surface area contributed by atoms with Crippen molar-refractivity contribution in [1.29, 1.82) is 0 Å². The molecule has 0 heterocycles. The highest BCUT2D eigenvalue weighted by atomic mass is 32.1. The zero-order chi connectivity index (χ0) is 7.98. The lowest BCUT2D eigenvalue weighted by molar-refractivity contribution is -0.112. The van der Waals surface area contributed by atoms with Gasteiger partial charge in [0.25, 0.3) is 0 Å². The summed E-state index contributed by atoms with van der Waals surface area (Å²) >= 11 is 4.67. The zero-order valence-electron chi connectivity index (χ0n) is 6.29. The van der Waals surface area contributed by atoms with Gasteiger partial charge in [-0.05, 0) is 18.6 Å². The molecule has 0 fully saturated rings. The van der Waals surface area contributed by atoms with Crippen LogP contribution in [0, 0.1) is 5.92 Å². The second-order valence-corrected chi connectivity index (χ2v) is 2.68. The first kappa shape index (κ1) is 9.56. The van der Waals surface area contributed by atoms with Crippen molar-refractivity contribution in [3.05, 3.63) is 0 Å². The molecule has 0 aliphatic carbocycles. The number of rotatable bonds is 4. The molecule has 58 valence electrons. The number of ether oxygens (including phenoxy) is 1. The highest BCUT2D eigenvalue weighted by Gasteiger charge is 2.03. The van der Waals surface area contributed by atoms with Crippen molar-refractivity contribution in [1.82, 2.24) is 0 Å². The van der Waals surface area contributed by atoms with Gasteiger partial charge in [0.05, 0.1) is 6.61 Å². The van der Waals surface area contributed by atoms with Gasteiger partial charge in [0.2, 0.25) is 0 Å². The maximum Gasteiger partial charge on any atom is 0.156 e. The van der Waals surface area contributed by atoms with E-state index in [1.807, 2.05) is 6.92 Å². The molecule has 0 aromatic rings. The molecular formula is C7H12O2S. The SMILES string of the molecule is CC[C@H](C=O)COC(C)=S. The number of aldehydes is 1. The van der Waals surface area contributed by atoms with Gasteiger partial charge in [-0.15, -0.1) is 0 Å². The Balaban J connectivity index is 3.44. The Kier molecular flexibility index (Phi) is 5.12. The molecule has 0 saturated heterocycles. The first-order valence-corrected chi connectivity index (χ1v) is 3.70. The Morgan fingerprint density at radius 1 is 1.80 bits per heavy atom. The normalized spacial score (nSPS) is 12.2. The average Bonchev–Trinajstić information content (AvgIpc) is 1.90. The van der Waals surface area contributed by atoms with E-state index >= 15 is 0 Å². The van der Waals surface area contributed by atoms with Gasteiger partial charge in [0.1, 0.15) is 6.29 Å². The lowest BCUT2D eigenvalue weighted by Gasteiger charge is -2.07. The molecule has 0 saturated carbocycles. The molecule has 1 atom stereocenters. The van der Waals surface area contributed by atoms with Gasteiger partial charge in [-0.25, -0.2) is 0 Å². The van der Waals surface area contributed by atoms with Crippen LogP contribution >= 0.6 is 12.2 Å². The predicted molar refractivity (Wildman–Crippen MR) is 44.1 cm³/mol. The van der Waals surface area contributed by atoms with Gasteiger partial charge in [0.15, 0.2) is 5.05 Å². The molecule has 0 bridgehead atoms. The summed E-state index contributed by atoms with van der Waals surface area (Å²) in [6, 6.07) is 0. The fourth-order valence-electron chi connectivity index (χ4n) is 0.478. The van der Waals surface area contributed by atoms with E-state index in [2.05, 4.69) is 12.2 Å². The summed E-state index contributed by atoms with van der Waals surface area (Å²) in [6.07, 6.45) is 1.71. The molecule has 0 aliphatic rings. The van der Waals surface area contributed by atoms with E-state index in [1.54, 1.807) is 6.92 Å². The van der Waals surface area contributed by atoms with Crippen molar-refractivity contribution in [2.75, 3.05) is 6.61 Å². The molecular weight excluding hydrogens is 148 g/mol. The quantitative estimate of drug-likeness (QED) is 0.461. The summed E-state index contributed by atoms with van der Waals surface area (Å²) in [4.78, 5) is 10.2. The van der Waals surface area contributed by atoms with Crippen molar-refractivity contribution in [2.45, 2.75) is 20.3 Å². The Morgan fingerprint density at radius 2 is 2.40 bits per heavy atom. The molecule has 0 unspecified atom stereocenters. The summed E-state index contributed by atoms with van der Waals surface area (Å²) in [5, 5.41) is 0.500. The maximum absolute atomic E-state index is 10.2. The van der Waals surface area contributed by atoms with E-state index < -0.39 is 0 Å². The third-order valence-corrected chi connectivity index (χ3v) is 1.34. The molecule has 0 aliphatic heterocycles. The summed E-state index contributed by atoms with van der Waals surface area (Å²) in [7, 11) is 0. The molecule has 0 N–H and O–H groups in total. The second-order valence-electron chi connectivity index (χ2n) is 2.11. The topological polar surface area (TPSA) is 26.3 Å². The lowest BCUT2D eigenvalue weighted by Crippen LogP contribution is -2.11. The van der Waals surface area contributed by atoms with Gasteiger partial charge in [-0.3, -0.25) is 0 Å². The van der Waals surface area contributed by atoms with Crippen LogP contribution in [-0.2, 0) is 9.53 Å².